The quantitative estimate of drug-likeness (QED) is 0.248. The molecule has 8 bridgehead atoms. The van der Waals surface area contributed by atoms with Gasteiger partial charge in [0.05, 0.1) is 0 Å². The van der Waals surface area contributed by atoms with E-state index < -0.39 is 0 Å². The van der Waals surface area contributed by atoms with Gasteiger partial charge in [0.2, 0.25) is 0 Å². The Morgan fingerprint density at radius 3 is 0.810 bits per heavy atom. The number of H-pyrrole nitrogens is 2. The van der Waals surface area contributed by atoms with Crippen molar-refractivity contribution >= 4 is 81.9 Å². The second-order valence-electron chi connectivity index (χ2n) is 9.79. The minimum absolute atomic E-state index is 0. The van der Waals surface area contributed by atoms with Crippen LogP contribution in [-0.4, -0.2) is 77.6 Å². The summed E-state index contributed by atoms with van der Waals surface area (Å²) >= 11 is 0. The number of rotatable bonds is 0. The zero-order valence-corrected chi connectivity index (χ0v) is 20.9. The Labute approximate surface area is 263 Å². The summed E-state index contributed by atoms with van der Waals surface area (Å²) in [7, 11) is 0. The first-order valence-corrected chi connectivity index (χ1v) is 13.0. The number of fused-ring (bicyclic) bond motifs is 20. The van der Waals surface area contributed by atoms with E-state index in [0.717, 1.165) is 43.8 Å². The van der Waals surface area contributed by atoms with Gasteiger partial charge in [-0.1, -0.05) is 97.1 Å². The van der Waals surface area contributed by atoms with Crippen molar-refractivity contribution in [3.05, 3.63) is 97.1 Å². The van der Waals surface area contributed by atoms with Gasteiger partial charge in [-0.05, 0) is 0 Å². The first-order chi connectivity index (χ1) is 19.8. The normalized spacial score (nSPS) is 11.4. The molecule has 2 aliphatic rings. The van der Waals surface area contributed by atoms with Gasteiger partial charge in [0.15, 0.2) is 23.3 Å². The molecule has 9 rings (SSSR count). The molecule has 0 amide bonds. The molecule has 190 valence electrons. The zero-order chi connectivity index (χ0) is 26.2. The number of nitrogens with zero attached hydrogens (tertiary/aromatic N) is 6. The van der Waals surface area contributed by atoms with Gasteiger partial charge in [0.1, 0.15) is 22.6 Å². The van der Waals surface area contributed by atoms with Crippen molar-refractivity contribution in [2.75, 3.05) is 0 Å². The van der Waals surface area contributed by atoms with Crippen molar-refractivity contribution in [3.63, 3.8) is 0 Å². The Hall–Kier alpha value is -4.57. The number of aromatic nitrogens is 8. The van der Waals surface area contributed by atoms with Crippen LogP contribution in [0.5, 0.6) is 0 Å². The third-order valence-corrected chi connectivity index (χ3v) is 7.46. The SMILES string of the molecule is [LiH].[LiH].c1ccc2c(c1)-c1nc-2nc2[nH]c(nc3nc(nc4[nH]c(n1)c1ccccc41)-c1ccccc1-3)c1ccccc21. The van der Waals surface area contributed by atoms with E-state index in [0.29, 0.717) is 45.9 Å². The van der Waals surface area contributed by atoms with E-state index in [1.807, 2.05) is 97.1 Å². The van der Waals surface area contributed by atoms with E-state index in [-0.39, 0.29) is 37.7 Å². The molecule has 3 aromatic heterocycles. The summed E-state index contributed by atoms with van der Waals surface area (Å²) in [4.78, 5) is 36.8. The van der Waals surface area contributed by atoms with Crippen molar-refractivity contribution < 1.29 is 0 Å². The molecule has 0 fully saturated rings. The summed E-state index contributed by atoms with van der Waals surface area (Å²) in [6.07, 6.45) is 0. The maximum absolute atomic E-state index is 5.02. The molecule has 0 radical (unpaired) electrons. The molecule has 0 aliphatic carbocycles. The van der Waals surface area contributed by atoms with Gasteiger partial charge in [-0.15, -0.1) is 0 Å². The van der Waals surface area contributed by atoms with Gasteiger partial charge >= 0.3 is 37.7 Å². The number of hydrogen-bond acceptors (Lipinski definition) is 6. The average Bonchev–Trinajstić information content (AvgIpc) is 3.73. The molecule has 2 N–H and O–H groups in total. The average molecular weight is 530 g/mol. The van der Waals surface area contributed by atoms with Gasteiger partial charge in [-0.2, -0.15) is 0 Å². The van der Waals surface area contributed by atoms with E-state index in [4.69, 9.17) is 29.9 Å². The predicted molar refractivity (Wildman–Crippen MR) is 170 cm³/mol. The second kappa shape index (κ2) is 10.1. The van der Waals surface area contributed by atoms with Crippen LogP contribution in [0.3, 0.4) is 0 Å². The molecule has 5 heterocycles. The van der Waals surface area contributed by atoms with Crippen LogP contribution in [-0.2, 0) is 0 Å². The van der Waals surface area contributed by atoms with Gasteiger partial charge in [0.25, 0.3) is 0 Å². The van der Waals surface area contributed by atoms with Crippen molar-refractivity contribution in [1.29, 1.82) is 0 Å². The standard InChI is InChI=1S/C32H18N8.2Li.2H/c1-2-10-18-17(9-1)25-33-26(18)38-28-21-13-5-6-14-22(21)30(35-28)40-32-24-16-8-7-15-23(24)31(36-32)39-29-20-12-4-3-11-19(20)27(34-29)37-25;;;;/h1-16H,(H2,33,34,35,36,37,38,39,40);;;;. The summed E-state index contributed by atoms with van der Waals surface area (Å²) in [6, 6.07) is 32.2. The monoisotopic (exact) mass is 530 g/mol. The molecule has 42 heavy (non-hydrogen) atoms. The molecule has 8 nitrogen and oxygen atoms in total. The number of nitrogens with one attached hydrogen (secondary N) is 2. The molecular weight excluding hydrogens is 510 g/mol. The summed E-state index contributed by atoms with van der Waals surface area (Å²) in [5, 5.41) is 3.82. The molecule has 4 aromatic carbocycles. The molecule has 0 unspecified atom stereocenters. The Morgan fingerprint density at radius 2 is 0.548 bits per heavy atom. The third kappa shape index (κ3) is 3.93. The molecule has 7 aromatic rings. The van der Waals surface area contributed by atoms with E-state index in [1.54, 1.807) is 0 Å². The molecule has 0 spiro atoms. The maximum Gasteiger partial charge on any atom is 0.164 e. The number of hydrogen-bond donors (Lipinski definition) is 2. The number of benzene rings is 4. The minimum Gasteiger partial charge on any atom is -0.324 e. The second-order valence-corrected chi connectivity index (χ2v) is 9.79. The van der Waals surface area contributed by atoms with Crippen LogP contribution in [0.15, 0.2) is 97.1 Å². The molecule has 2 aliphatic heterocycles. The fraction of sp³-hybridized carbons (Fsp3) is 0. The van der Waals surface area contributed by atoms with Crippen LogP contribution in [0, 0.1) is 0 Å². The van der Waals surface area contributed by atoms with Crippen LogP contribution < -0.4 is 0 Å². The fourth-order valence-corrected chi connectivity index (χ4v) is 5.59. The Bertz CT molecular complexity index is 2040. The van der Waals surface area contributed by atoms with E-state index >= 15 is 0 Å². The van der Waals surface area contributed by atoms with Gasteiger partial charge in [-0.25, -0.2) is 29.9 Å². The molecule has 10 heteroatoms. The van der Waals surface area contributed by atoms with Crippen LogP contribution in [0.2, 0.25) is 0 Å². The van der Waals surface area contributed by atoms with E-state index in [9.17, 15) is 0 Å². The number of aromatic amines is 2. The maximum atomic E-state index is 5.02. The molecule has 0 saturated heterocycles. The van der Waals surface area contributed by atoms with Crippen LogP contribution in [0.4, 0.5) is 0 Å². The van der Waals surface area contributed by atoms with Crippen molar-refractivity contribution in [2.24, 2.45) is 0 Å². The fourth-order valence-electron chi connectivity index (χ4n) is 5.59. The largest absolute Gasteiger partial charge is 0.324 e. The summed E-state index contributed by atoms with van der Waals surface area (Å²) in [5.41, 5.74) is 6.45. The van der Waals surface area contributed by atoms with Crippen molar-refractivity contribution in [1.82, 2.24) is 39.9 Å². The summed E-state index contributed by atoms with van der Waals surface area (Å²) in [6.45, 7) is 0. The molecule has 0 atom stereocenters. The van der Waals surface area contributed by atoms with Crippen LogP contribution in [0.1, 0.15) is 0 Å². The zero-order valence-electron chi connectivity index (χ0n) is 20.9. The minimum atomic E-state index is 0. The Morgan fingerprint density at radius 1 is 0.310 bits per heavy atom. The van der Waals surface area contributed by atoms with Gasteiger partial charge in [0, 0.05) is 43.8 Å². The first kappa shape index (κ1) is 26.3. The molecule has 0 saturated carbocycles. The van der Waals surface area contributed by atoms with E-state index in [1.165, 1.54) is 0 Å². The summed E-state index contributed by atoms with van der Waals surface area (Å²) < 4.78 is 0. The molecular formula is C32H20Li2N8. The van der Waals surface area contributed by atoms with Crippen LogP contribution >= 0.6 is 0 Å². The Kier molecular flexibility index (Phi) is 6.31. The first-order valence-electron chi connectivity index (χ1n) is 13.0. The van der Waals surface area contributed by atoms with E-state index in [2.05, 4.69) is 9.97 Å². The smallest absolute Gasteiger partial charge is 0.164 e. The topological polar surface area (TPSA) is 109 Å². The van der Waals surface area contributed by atoms with Gasteiger partial charge in [-0.3, -0.25) is 0 Å². The predicted octanol–water partition coefficient (Wildman–Crippen LogP) is 5.57. The van der Waals surface area contributed by atoms with Crippen molar-refractivity contribution in [3.8, 4) is 45.6 Å². The third-order valence-electron chi connectivity index (χ3n) is 7.46. The van der Waals surface area contributed by atoms with Gasteiger partial charge < -0.3 is 9.97 Å². The van der Waals surface area contributed by atoms with Crippen molar-refractivity contribution in [2.45, 2.75) is 0 Å². The summed E-state index contributed by atoms with van der Waals surface area (Å²) in [5.74, 6) is 2.39. The Balaban J connectivity index is 0.00000144. The van der Waals surface area contributed by atoms with Crippen LogP contribution in [0.25, 0.3) is 89.7 Å².